The molecular weight excluding hydrogens is 545 g/mol. The van der Waals surface area contributed by atoms with E-state index < -0.39 is 41.1 Å². The molecule has 184 valence electrons. The predicted molar refractivity (Wildman–Crippen MR) is 117 cm³/mol. The molecule has 0 spiro atoms. The molecule has 0 fully saturated rings. The SMILES string of the molecule is COC(=O)C1=C(C(=O)OC)N(c2cc(Oc3c(F)cc(C(F)(F)F)cc3F)ccc2Br)C=CC=C1. The van der Waals surface area contributed by atoms with Gasteiger partial charge >= 0.3 is 18.1 Å². The van der Waals surface area contributed by atoms with Crippen LogP contribution in [0.3, 0.4) is 0 Å². The van der Waals surface area contributed by atoms with Gasteiger partial charge in [0.1, 0.15) is 11.4 Å². The number of nitrogens with zero attached hydrogens (tertiary/aromatic N) is 1. The molecular formula is C23H15BrF5NO5. The third kappa shape index (κ3) is 5.53. The van der Waals surface area contributed by atoms with Gasteiger partial charge < -0.3 is 19.1 Å². The summed E-state index contributed by atoms with van der Waals surface area (Å²) >= 11 is 3.29. The molecule has 2 aromatic carbocycles. The fourth-order valence-corrected chi connectivity index (χ4v) is 3.47. The lowest BCUT2D eigenvalue weighted by Crippen LogP contribution is -2.27. The van der Waals surface area contributed by atoms with Gasteiger partial charge in [0, 0.05) is 16.7 Å². The van der Waals surface area contributed by atoms with Crippen molar-refractivity contribution in [3.8, 4) is 11.5 Å². The number of esters is 2. The molecule has 1 heterocycles. The molecule has 0 aliphatic carbocycles. The number of hydrogen-bond donors (Lipinski definition) is 0. The number of alkyl halides is 3. The van der Waals surface area contributed by atoms with E-state index in [4.69, 9.17) is 14.2 Å². The summed E-state index contributed by atoms with van der Waals surface area (Å²) in [7, 11) is 2.23. The fraction of sp³-hybridized carbons (Fsp3) is 0.130. The van der Waals surface area contributed by atoms with Gasteiger partial charge in [0.25, 0.3) is 0 Å². The van der Waals surface area contributed by atoms with Crippen molar-refractivity contribution in [3.05, 3.63) is 87.7 Å². The topological polar surface area (TPSA) is 65.1 Å². The lowest BCUT2D eigenvalue weighted by Gasteiger charge is -2.24. The van der Waals surface area contributed by atoms with E-state index in [2.05, 4.69) is 15.9 Å². The van der Waals surface area contributed by atoms with E-state index in [0.717, 1.165) is 14.2 Å². The first-order valence-electron chi connectivity index (χ1n) is 9.56. The molecule has 0 amide bonds. The van der Waals surface area contributed by atoms with Crippen molar-refractivity contribution in [2.75, 3.05) is 19.1 Å². The van der Waals surface area contributed by atoms with Crippen LogP contribution in [0, 0.1) is 11.6 Å². The van der Waals surface area contributed by atoms with E-state index in [1.54, 1.807) is 0 Å². The predicted octanol–water partition coefficient (Wildman–Crippen LogP) is 6.03. The van der Waals surface area contributed by atoms with E-state index in [-0.39, 0.29) is 34.8 Å². The largest absolute Gasteiger partial charge is 0.465 e. The maximum Gasteiger partial charge on any atom is 0.416 e. The number of halogens is 6. The van der Waals surface area contributed by atoms with Crippen molar-refractivity contribution in [1.29, 1.82) is 0 Å². The lowest BCUT2D eigenvalue weighted by molar-refractivity contribution is -0.139. The van der Waals surface area contributed by atoms with Crippen LogP contribution < -0.4 is 9.64 Å². The monoisotopic (exact) mass is 559 g/mol. The summed E-state index contributed by atoms with van der Waals surface area (Å²) in [6.45, 7) is 0. The van der Waals surface area contributed by atoms with Gasteiger partial charge in [-0.2, -0.15) is 13.2 Å². The minimum Gasteiger partial charge on any atom is -0.465 e. The highest BCUT2D eigenvalue weighted by Crippen LogP contribution is 2.39. The van der Waals surface area contributed by atoms with Gasteiger partial charge in [-0.25, -0.2) is 18.4 Å². The third-order valence-corrected chi connectivity index (χ3v) is 5.28. The van der Waals surface area contributed by atoms with Crippen molar-refractivity contribution >= 4 is 33.6 Å². The normalized spacial score (nSPS) is 13.5. The van der Waals surface area contributed by atoms with Crippen molar-refractivity contribution in [1.82, 2.24) is 0 Å². The molecule has 0 aromatic heterocycles. The second-order valence-corrected chi connectivity index (χ2v) is 7.65. The van der Waals surface area contributed by atoms with Gasteiger partial charge in [-0.3, -0.25) is 0 Å². The summed E-state index contributed by atoms with van der Waals surface area (Å²) < 4.78 is 82.1. The third-order valence-electron chi connectivity index (χ3n) is 4.61. The van der Waals surface area contributed by atoms with Gasteiger partial charge in [-0.05, 0) is 52.3 Å². The van der Waals surface area contributed by atoms with E-state index in [0.29, 0.717) is 4.47 Å². The Morgan fingerprint density at radius 1 is 0.943 bits per heavy atom. The summed E-state index contributed by atoms with van der Waals surface area (Å²) in [6, 6.07) is 4.16. The molecule has 3 rings (SSSR count). The number of hydrogen-bond acceptors (Lipinski definition) is 6. The van der Waals surface area contributed by atoms with Gasteiger partial charge in [0.05, 0.1) is 31.0 Å². The summed E-state index contributed by atoms with van der Waals surface area (Å²) in [5.41, 5.74) is -1.74. The molecule has 0 atom stereocenters. The maximum atomic E-state index is 14.3. The molecule has 0 saturated heterocycles. The Morgan fingerprint density at radius 2 is 1.57 bits per heavy atom. The molecule has 0 bridgehead atoms. The van der Waals surface area contributed by atoms with Crippen LogP contribution in [0.2, 0.25) is 0 Å². The average molecular weight is 560 g/mol. The zero-order valence-electron chi connectivity index (χ0n) is 18.0. The molecule has 0 radical (unpaired) electrons. The Bertz CT molecular complexity index is 1250. The first-order valence-corrected chi connectivity index (χ1v) is 10.4. The van der Waals surface area contributed by atoms with Crippen LogP contribution in [0.15, 0.2) is 70.5 Å². The Morgan fingerprint density at radius 3 is 2.14 bits per heavy atom. The first kappa shape index (κ1) is 25.9. The van der Waals surface area contributed by atoms with Crippen molar-refractivity contribution < 1.29 is 45.8 Å². The minimum absolute atomic E-state index is 0.113. The second-order valence-electron chi connectivity index (χ2n) is 6.80. The van der Waals surface area contributed by atoms with Crippen LogP contribution in [0.4, 0.5) is 27.6 Å². The average Bonchev–Trinajstić information content (AvgIpc) is 3.03. The number of benzene rings is 2. The van der Waals surface area contributed by atoms with E-state index in [9.17, 15) is 31.5 Å². The summed E-state index contributed by atoms with van der Waals surface area (Å²) in [4.78, 5) is 26.1. The number of rotatable bonds is 5. The van der Waals surface area contributed by atoms with Crippen molar-refractivity contribution in [3.63, 3.8) is 0 Å². The molecule has 1 aliphatic heterocycles. The second kappa shape index (κ2) is 10.3. The molecule has 2 aromatic rings. The highest BCUT2D eigenvalue weighted by atomic mass is 79.9. The Kier molecular flexibility index (Phi) is 7.64. The molecule has 6 nitrogen and oxygen atoms in total. The van der Waals surface area contributed by atoms with Gasteiger partial charge in [-0.15, -0.1) is 0 Å². The smallest absolute Gasteiger partial charge is 0.416 e. The van der Waals surface area contributed by atoms with Gasteiger partial charge in [-0.1, -0.05) is 6.08 Å². The number of carbonyl (C=O) groups excluding carboxylic acids is 2. The van der Waals surface area contributed by atoms with Crippen molar-refractivity contribution in [2.45, 2.75) is 6.18 Å². The fourth-order valence-electron chi connectivity index (χ4n) is 3.03. The molecule has 0 N–H and O–H groups in total. The maximum absolute atomic E-state index is 14.3. The standard InChI is InChI=1S/C23H15BrF5NO5/c1-33-21(31)14-5-3-4-8-30(19(14)22(32)34-2)18-11-13(6-7-15(18)24)35-20-16(25)9-12(10-17(20)26)23(27,28)29/h3-11H,1-2H3. The number of methoxy groups -OCH3 is 2. The minimum atomic E-state index is -4.95. The Labute approximate surface area is 204 Å². The van der Waals surface area contributed by atoms with Crippen LogP contribution >= 0.6 is 15.9 Å². The number of carbonyl (C=O) groups is 2. The highest BCUT2D eigenvalue weighted by Gasteiger charge is 2.33. The number of allylic oxidation sites excluding steroid dienone is 2. The molecule has 0 unspecified atom stereocenters. The van der Waals surface area contributed by atoms with Crippen LogP contribution in [0.1, 0.15) is 5.56 Å². The Hall–Kier alpha value is -3.67. The van der Waals surface area contributed by atoms with E-state index in [1.807, 2.05) is 0 Å². The zero-order valence-corrected chi connectivity index (χ0v) is 19.5. The quantitative estimate of drug-likeness (QED) is 0.329. The molecule has 0 saturated carbocycles. The molecule has 12 heteroatoms. The van der Waals surface area contributed by atoms with E-state index in [1.165, 1.54) is 47.5 Å². The zero-order chi connectivity index (χ0) is 25.9. The van der Waals surface area contributed by atoms with Gasteiger partial charge in [0.2, 0.25) is 0 Å². The number of ether oxygens (including phenoxy) is 3. The van der Waals surface area contributed by atoms with Crippen molar-refractivity contribution in [2.24, 2.45) is 0 Å². The lowest BCUT2D eigenvalue weighted by atomic mass is 10.1. The molecule has 35 heavy (non-hydrogen) atoms. The van der Waals surface area contributed by atoms with Gasteiger partial charge in [0.15, 0.2) is 17.4 Å². The van der Waals surface area contributed by atoms with Crippen LogP contribution in [0.25, 0.3) is 0 Å². The highest BCUT2D eigenvalue weighted by molar-refractivity contribution is 9.10. The molecule has 1 aliphatic rings. The van der Waals surface area contributed by atoms with E-state index >= 15 is 0 Å². The summed E-state index contributed by atoms with van der Waals surface area (Å²) in [5.74, 6) is -6.12. The number of anilines is 1. The van der Waals surface area contributed by atoms with Crippen LogP contribution in [-0.2, 0) is 25.2 Å². The van der Waals surface area contributed by atoms with Crippen LogP contribution in [0.5, 0.6) is 11.5 Å². The first-order chi connectivity index (χ1) is 16.5. The summed E-state index contributed by atoms with van der Waals surface area (Å²) in [5, 5.41) is 0. The summed E-state index contributed by atoms with van der Waals surface area (Å²) in [6.07, 6.45) is 0.744. The Balaban J connectivity index is 2.10. The van der Waals surface area contributed by atoms with Crippen LogP contribution in [-0.4, -0.2) is 26.2 Å².